The number of aryl methyl sites for hydroxylation is 2. The van der Waals surface area contributed by atoms with E-state index >= 15 is 0 Å². The first-order valence-corrected chi connectivity index (χ1v) is 5.36. The number of hydrogen-bond acceptors (Lipinski definition) is 4. The topological polar surface area (TPSA) is 62.5 Å². The number of aromatic nitrogens is 3. The van der Waals surface area contributed by atoms with Crippen molar-refractivity contribution in [1.82, 2.24) is 15.0 Å². The average Bonchev–Trinajstić information content (AvgIpc) is 2.34. The maximum atomic E-state index is 8.82. The van der Waals surface area contributed by atoms with Gasteiger partial charge in [-0.25, -0.2) is 9.97 Å². The molecule has 2 rings (SSSR count). The van der Waals surface area contributed by atoms with Gasteiger partial charge in [-0.15, -0.1) is 0 Å². The molecule has 2 heterocycles. The summed E-state index contributed by atoms with van der Waals surface area (Å²) in [6.07, 6.45) is 3.11. The van der Waals surface area contributed by atoms with Crippen LogP contribution in [-0.2, 0) is 0 Å². The fourth-order valence-corrected chi connectivity index (χ4v) is 1.67. The van der Waals surface area contributed by atoms with Crippen LogP contribution in [0.2, 0.25) is 5.15 Å². The van der Waals surface area contributed by atoms with Crippen LogP contribution in [0.1, 0.15) is 17.0 Å². The van der Waals surface area contributed by atoms with Crippen molar-refractivity contribution in [3.63, 3.8) is 0 Å². The van der Waals surface area contributed by atoms with E-state index in [1.54, 1.807) is 12.3 Å². The van der Waals surface area contributed by atoms with Crippen LogP contribution in [0.15, 0.2) is 18.5 Å². The molecule has 0 aliphatic rings. The van der Waals surface area contributed by atoms with Crippen molar-refractivity contribution < 1.29 is 0 Å². The molecule has 0 bridgehead atoms. The number of nitrogens with zero attached hydrogens (tertiary/aromatic N) is 4. The van der Waals surface area contributed by atoms with E-state index in [9.17, 15) is 0 Å². The third kappa shape index (κ3) is 2.24. The normalized spacial score (nSPS) is 10.0. The number of halogens is 1. The van der Waals surface area contributed by atoms with E-state index in [-0.39, 0.29) is 0 Å². The highest BCUT2D eigenvalue weighted by Crippen LogP contribution is 2.25. The lowest BCUT2D eigenvalue weighted by Gasteiger charge is -2.06. The number of pyridine rings is 1. The molecule has 0 aromatic carbocycles. The number of rotatable bonds is 1. The van der Waals surface area contributed by atoms with Gasteiger partial charge in [-0.05, 0) is 19.9 Å². The summed E-state index contributed by atoms with van der Waals surface area (Å²) in [4.78, 5) is 12.5. The predicted octanol–water partition coefficient (Wildman–Crippen LogP) is 2.68. The molecule has 0 radical (unpaired) electrons. The molecule has 17 heavy (non-hydrogen) atoms. The summed E-state index contributed by atoms with van der Waals surface area (Å²) in [6.45, 7) is 3.71. The minimum atomic E-state index is 0.324. The summed E-state index contributed by atoms with van der Waals surface area (Å²) in [5.74, 6) is 0. The molecule has 0 saturated heterocycles. The molecule has 0 spiro atoms. The minimum absolute atomic E-state index is 0.324. The van der Waals surface area contributed by atoms with Crippen LogP contribution in [0, 0.1) is 25.2 Å². The van der Waals surface area contributed by atoms with Gasteiger partial charge in [0.15, 0.2) is 5.15 Å². The van der Waals surface area contributed by atoms with Crippen molar-refractivity contribution in [2.75, 3.05) is 0 Å². The molecule has 0 saturated carbocycles. The Morgan fingerprint density at radius 2 is 1.88 bits per heavy atom. The summed E-state index contributed by atoms with van der Waals surface area (Å²) in [7, 11) is 0. The monoisotopic (exact) mass is 244 g/mol. The Bertz CT molecular complexity index is 616. The Balaban J connectivity index is 2.61. The maximum absolute atomic E-state index is 8.82. The van der Waals surface area contributed by atoms with E-state index in [2.05, 4.69) is 15.0 Å². The van der Waals surface area contributed by atoms with Gasteiger partial charge in [-0.2, -0.15) is 5.26 Å². The molecule has 0 aliphatic heterocycles. The Morgan fingerprint density at radius 1 is 1.18 bits per heavy atom. The van der Waals surface area contributed by atoms with Crippen molar-refractivity contribution in [1.29, 1.82) is 5.26 Å². The maximum Gasteiger partial charge on any atom is 0.155 e. The molecule has 0 atom stereocenters. The van der Waals surface area contributed by atoms with Crippen molar-refractivity contribution in [3.8, 4) is 17.3 Å². The Kier molecular flexibility index (Phi) is 3.03. The van der Waals surface area contributed by atoms with Crippen LogP contribution in [0.25, 0.3) is 11.3 Å². The van der Waals surface area contributed by atoms with Crippen LogP contribution in [0.3, 0.4) is 0 Å². The van der Waals surface area contributed by atoms with Crippen LogP contribution in [0.5, 0.6) is 0 Å². The predicted molar refractivity (Wildman–Crippen MR) is 64.5 cm³/mol. The summed E-state index contributed by atoms with van der Waals surface area (Å²) in [5.41, 5.74) is 3.33. The average molecular weight is 245 g/mol. The van der Waals surface area contributed by atoms with Gasteiger partial charge in [0, 0.05) is 18.0 Å². The van der Waals surface area contributed by atoms with E-state index in [0.29, 0.717) is 22.0 Å². The third-order valence-electron chi connectivity index (χ3n) is 2.41. The summed E-state index contributed by atoms with van der Waals surface area (Å²) in [6, 6.07) is 3.72. The van der Waals surface area contributed by atoms with Crippen molar-refractivity contribution >= 4 is 11.6 Å². The zero-order valence-electron chi connectivity index (χ0n) is 9.40. The molecular formula is C12H9ClN4. The first-order valence-electron chi connectivity index (χ1n) is 4.98. The lowest BCUT2D eigenvalue weighted by Crippen LogP contribution is -1.97. The van der Waals surface area contributed by atoms with E-state index in [1.165, 1.54) is 6.20 Å². The zero-order valence-corrected chi connectivity index (χ0v) is 10.2. The van der Waals surface area contributed by atoms with Crippen LogP contribution >= 0.6 is 11.6 Å². The second-order valence-corrected chi connectivity index (χ2v) is 3.97. The van der Waals surface area contributed by atoms with Crippen molar-refractivity contribution in [2.24, 2.45) is 0 Å². The molecule has 0 unspecified atom stereocenters. The zero-order chi connectivity index (χ0) is 12.4. The van der Waals surface area contributed by atoms with Crippen LogP contribution in [0.4, 0.5) is 0 Å². The second kappa shape index (κ2) is 4.48. The van der Waals surface area contributed by atoms with Gasteiger partial charge in [0.1, 0.15) is 11.8 Å². The van der Waals surface area contributed by atoms with Gasteiger partial charge < -0.3 is 0 Å². The highest BCUT2D eigenvalue weighted by atomic mass is 35.5. The van der Waals surface area contributed by atoms with Gasteiger partial charge in [0.25, 0.3) is 0 Å². The fraction of sp³-hybridized carbons (Fsp3) is 0.167. The lowest BCUT2D eigenvalue weighted by molar-refractivity contribution is 1.05. The third-order valence-corrected chi connectivity index (χ3v) is 2.67. The fourth-order valence-electron chi connectivity index (χ4n) is 1.39. The second-order valence-electron chi connectivity index (χ2n) is 3.61. The Morgan fingerprint density at radius 3 is 2.59 bits per heavy atom. The molecule has 0 amide bonds. The van der Waals surface area contributed by atoms with Crippen molar-refractivity contribution in [2.45, 2.75) is 13.8 Å². The Labute approximate surface area is 104 Å². The van der Waals surface area contributed by atoms with Crippen molar-refractivity contribution in [3.05, 3.63) is 40.6 Å². The standard InChI is InChI=1S/C12H9ClN4/c1-7-8(2)17-12(13)11(16-7)10-3-9(4-14)5-15-6-10/h3,5-6H,1-2H3. The SMILES string of the molecule is Cc1nc(Cl)c(-c2cncc(C#N)c2)nc1C. The largest absolute Gasteiger partial charge is 0.263 e. The molecule has 0 aliphatic carbocycles. The van der Waals surface area contributed by atoms with Crippen LogP contribution in [-0.4, -0.2) is 15.0 Å². The minimum Gasteiger partial charge on any atom is -0.263 e. The van der Waals surface area contributed by atoms with Gasteiger partial charge in [-0.1, -0.05) is 11.6 Å². The lowest BCUT2D eigenvalue weighted by atomic mass is 10.1. The van der Waals surface area contributed by atoms with Gasteiger partial charge >= 0.3 is 0 Å². The number of nitriles is 1. The van der Waals surface area contributed by atoms with E-state index in [1.807, 2.05) is 19.9 Å². The molecule has 84 valence electrons. The number of hydrogen-bond donors (Lipinski definition) is 0. The highest BCUT2D eigenvalue weighted by Gasteiger charge is 2.10. The first-order chi connectivity index (χ1) is 8.11. The smallest absolute Gasteiger partial charge is 0.155 e. The summed E-state index contributed by atoms with van der Waals surface area (Å²) in [5, 5.41) is 9.14. The highest BCUT2D eigenvalue weighted by molar-refractivity contribution is 6.31. The Hall–Kier alpha value is -1.99. The van der Waals surface area contributed by atoms with Gasteiger partial charge in [0.2, 0.25) is 0 Å². The molecule has 5 heteroatoms. The molecule has 0 fully saturated rings. The molecule has 0 N–H and O–H groups in total. The van der Waals surface area contributed by atoms with Gasteiger partial charge in [-0.3, -0.25) is 4.98 Å². The van der Waals surface area contributed by atoms with E-state index in [0.717, 1.165) is 11.4 Å². The summed E-state index contributed by atoms with van der Waals surface area (Å²) < 4.78 is 0. The molecule has 2 aromatic rings. The summed E-state index contributed by atoms with van der Waals surface area (Å²) >= 11 is 6.05. The molecule has 2 aromatic heterocycles. The first kappa shape index (κ1) is 11.5. The van der Waals surface area contributed by atoms with Gasteiger partial charge in [0.05, 0.1) is 17.0 Å². The quantitative estimate of drug-likeness (QED) is 0.774. The molecule has 4 nitrogen and oxygen atoms in total. The van der Waals surface area contributed by atoms with E-state index < -0.39 is 0 Å². The molecular weight excluding hydrogens is 236 g/mol. The van der Waals surface area contributed by atoms with Crippen LogP contribution < -0.4 is 0 Å². The van der Waals surface area contributed by atoms with E-state index in [4.69, 9.17) is 16.9 Å².